The summed E-state index contributed by atoms with van der Waals surface area (Å²) in [6.07, 6.45) is 4.11. The topological polar surface area (TPSA) is 40.7 Å². The number of aromatic amines is 1. The molecule has 3 heterocycles. The summed E-state index contributed by atoms with van der Waals surface area (Å²) in [5.41, 5.74) is 2.14. The average molecular weight is 295 g/mol. The smallest absolute Gasteiger partial charge is 0.137 e. The molecule has 6 heteroatoms. The van der Waals surface area contributed by atoms with Crippen LogP contribution in [-0.4, -0.2) is 16.5 Å². The van der Waals surface area contributed by atoms with Crippen molar-refractivity contribution in [2.45, 2.75) is 18.9 Å². The lowest BCUT2D eigenvalue weighted by Gasteiger charge is -2.05. The Labute approximate surface area is 117 Å². The van der Waals surface area contributed by atoms with Crippen molar-refractivity contribution in [3.8, 4) is 0 Å². The average Bonchev–Trinajstić information content (AvgIpc) is 2.84. The largest absolute Gasteiger partial charge is 0.342 e. The van der Waals surface area contributed by atoms with Crippen LogP contribution in [0, 0.1) is 0 Å². The van der Waals surface area contributed by atoms with Crippen LogP contribution in [0.25, 0.3) is 11.0 Å². The maximum atomic E-state index is 5.90. The third-order valence-electron chi connectivity index (χ3n) is 2.89. The van der Waals surface area contributed by atoms with Crippen molar-refractivity contribution in [2.24, 2.45) is 0 Å². The minimum atomic E-state index is 0. The van der Waals surface area contributed by atoms with Gasteiger partial charge in [0.05, 0.1) is 5.02 Å². The van der Waals surface area contributed by atoms with Gasteiger partial charge in [0.25, 0.3) is 0 Å². The highest BCUT2D eigenvalue weighted by Crippen LogP contribution is 2.26. The molecule has 2 N–H and O–H groups in total. The summed E-state index contributed by atoms with van der Waals surface area (Å²) in [7, 11) is 0. The maximum Gasteiger partial charge on any atom is 0.137 e. The predicted octanol–water partition coefficient (Wildman–Crippen LogP) is 3.48. The number of halogens is 3. The van der Waals surface area contributed by atoms with Crippen molar-refractivity contribution in [3.63, 3.8) is 0 Å². The second-order valence-corrected chi connectivity index (χ2v) is 4.40. The zero-order valence-electron chi connectivity index (χ0n) is 9.07. The summed E-state index contributed by atoms with van der Waals surface area (Å²) >= 11 is 5.90. The predicted molar refractivity (Wildman–Crippen MR) is 75.6 cm³/mol. The van der Waals surface area contributed by atoms with Crippen LogP contribution in [0.2, 0.25) is 5.02 Å². The van der Waals surface area contributed by atoms with Crippen molar-refractivity contribution in [1.82, 2.24) is 15.3 Å². The van der Waals surface area contributed by atoms with Gasteiger partial charge in [-0.25, -0.2) is 4.98 Å². The summed E-state index contributed by atoms with van der Waals surface area (Å²) in [5.74, 6) is 0. The first-order valence-corrected chi connectivity index (χ1v) is 5.58. The fourth-order valence-corrected chi connectivity index (χ4v) is 2.31. The molecule has 1 fully saturated rings. The molecule has 0 saturated carbocycles. The molecule has 3 nitrogen and oxygen atoms in total. The molecule has 1 saturated heterocycles. The number of aromatic nitrogens is 2. The van der Waals surface area contributed by atoms with E-state index in [0.29, 0.717) is 11.1 Å². The molecule has 17 heavy (non-hydrogen) atoms. The van der Waals surface area contributed by atoms with Crippen molar-refractivity contribution in [3.05, 3.63) is 29.0 Å². The molecule has 0 aromatic carbocycles. The minimum absolute atomic E-state index is 0. The molecule has 94 valence electrons. The van der Waals surface area contributed by atoms with E-state index >= 15 is 0 Å². The first-order chi connectivity index (χ1) is 7.33. The first kappa shape index (κ1) is 14.6. The highest BCUT2D eigenvalue weighted by atomic mass is 35.5. The Hall–Kier alpha value is -0.480. The van der Waals surface area contributed by atoms with Gasteiger partial charge in [-0.05, 0) is 31.5 Å². The number of H-pyrrole nitrogens is 1. The molecular weight excluding hydrogens is 281 g/mol. The van der Waals surface area contributed by atoms with Crippen molar-refractivity contribution in [1.29, 1.82) is 0 Å². The van der Waals surface area contributed by atoms with Gasteiger partial charge in [0.1, 0.15) is 5.65 Å². The Morgan fingerprint density at radius 3 is 2.82 bits per heavy atom. The second-order valence-electron chi connectivity index (χ2n) is 3.96. The van der Waals surface area contributed by atoms with E-state index in [1.54, 1.807) is 6.20 Å². The van der Waals surface area contributed by atoms with E-state index in [4.69, 9.17) is 11.6 Å². The summed E-state index contributed by atoms with van der Waals surface area (Å²) in [6.45, 7) is 1.11. The van der Waals surface area contributed by atoms with E-state index in [-0.39, 0.29) is 24.8 Å². The molecule has 3 rings (SSSR count). The van der Waals surface area contributed by atoms with Crippen LogP contribution < -0.4 is 5.32 Å². The lowest BCUT2D eigenvalue weighted by Crippen LogP contribution is -2.12. The molecule has 1 unspecified atom stereocenters. The molecule has 0 bridgehead atoms. The summed E-state index contributed by atoms with van der Waals surface area (Å²) in [6, 6.07) is 4.54. The Morgan fingerprint density at radius 2 is 2.12 bits per heavy atom. The van der Waals surface area contributed by atoms with Crippen LogP contribution in [0.4, 0.5) is 0 Å². The standard InChI is InChI=1S/C11H12ClN3.2ClH/c12-8-4-7-5-10(9-2-1-3-13-9)15-11(7)14-6-8;;/h4-6,9,13H,1-3H2,(H,14,15);2*1H. The van der Waals surface area contributed by atoms with Gasteiger partial charge in [-0.2, -0.15) is 0 Å². The van der Waals surface area contributed by atoms with Crippen LogP contribution in [-0.2, 0) is 0 Å². The Morgan fingerprint density at radius 1 is 1.29 bits per heavy atom. The van der Waals surface area contributed by atoms with Crippen molar-refractivity contribution >= 4 is 47.4 Å². The van der Waals surface area contributed by atoms with Gasteiger partial charge >= 0.3 is 0 Å². The van der Waals surface area contributed by atoms with Gasteiger partial charge < -0.3 is 10.3 Å². The van der Waals surface area contributed by atoms with Crippen molar-refractivity contribution in [2.75, 3.05) is 6.54 Å². The highest BCUT2D eigenvalue weighted by molar-refractivity contribution is 6.31. The van der Waals surface area contributed by atoms with E-state index in [0.717, 1.165) is 17.6 Å². The Bertz CT molecular complexity index is 492. The number of hydrogen-bond donors (Lipinski definition) is 2. The fraction of sp³-hybridized carbons (Fsp3) is 0.364. The van der Waals surface area contributed by atoms with Crippen LogP contribution in [0.3, 0.4) is 0 Å². The quantitative estimate of drug-likeness (QED) is 0.845. The maximum absolute atomic E-state index is 5.90. The summed E-state index contributed by atoms with van der Waals surface area (Å²) < 4.78 is 0. The van der Waals surface area contributed by atoms with E-state index in [9.17, 15) is 0 Å². The van der Waals surface area contributed by atoms with Crippen LogP contribution in [0.15, 0.2) is 18.3 Å². The highest BCUT2D eigenvalue weighted by Gasteiger charge is 2.18. The lowest BCUT2D eigenvalue weighted by molar-refractivity contribution is 0.633. The zero-order chi connectivity index (χ0) is 10.3. The molecule has 1 aliphatic heterocycles. The molecule has 2 aromatic rings. The third-order valence-corrected chi connectivity index (χ3v) is 3.10. The number of rotatable bonds is 1. The fourth-order valence-electron chi connectivity index (χ4n) is 2.15. The molecule has 0 aliphatic carbocycles. The first-order valence-electron chi connectivity index (χ1n) is 5.20. The molecule has 0 amide bonds. The normalized spacial score (nSPS) is 18.8. The molecule has 1 atom stereocenters. The van der Waals surface area contributed by atoms with Gasteiger partial charge in [-0.1, -0.05) is 11.6 Å². The van der Waals surface area contributed by atoms with Crippen molar-refractivity contribution < 1.29 is 0 Å². The monoisotopic (exact) mass is 293 g/mol. The molecule has 1 aliphatic rings. The minimum Gasteiger partial charge on any atom is -0.342 e. The lowest BCUT2D eigenvalue weighted by atomic mass is 10.1. The number of hydrogen-bond acceptors (Lipinski definition) is 2. The molecule has 0 spiro atoms. The SMILES string of the molecule is Cl.Cl.Clc1cnc2[nH]c(C3CCCN3)cc2c1. The number of fused-ring (bicyclic) bond motifs is 1. The second kappa shape index (κ2) is 5.91. The van der Waals surface area contributed by atoms with Gasteiger partial charge in [-0.3, -0.25) is 0 Å². The van der Waals surface area contributed by atoms with Gasteiger partial charge in [-0.15, -0.1) is 24.8 Å². The Kier molecular flexibility index (Phi) is 5.07. The van der Waals surface area contributed by atoms with E-state index in [1.165, 1.54) is 18.5 Å². The number of pyridine rings is 1. The third kappa shape index (κ3) is 2.86. The van der Waals surface area contributed by atoms with E-state index < -0.39 is 0 Å². The van der Waals surface area contributed by atoms with Gasteiger partial charge in [0.15, 0.2) is 0 Å². The summed E-state index contributed by atoms with van der Waals surface area (Å²) in [5, 5.41) is 5.23. The molecule has 2 aromatic heterocycles. The summed E-state index contributed by atoms with van der Waals surface area (Å²) in [4.78, 5) is 7.59. The van der Waals surface area contributed by atoms with Crippen LogP contribution >= 0.6 is 36.4 Å². The Balaban J connectivity index is 0.000000722. The molecule has 0 radical (unpaired) electrons. The van der Waals surface area contributed by atoms with Gasteiger partial charge in [0, 0.05) is 23.3 Å². The zero-order valence-corrected chi connectivity index (χ0v) is 11.5. The number of nitrogens with zero attached hydrogens (tertiary/aromatic N) is 1. The van der Waals surface area contributed by atoms with E-state index in [2.05, 4.69) is 21.4 Å². The molecular formula is C11H14Cl3N3. The number of nitrogens with one attached hydrogen (secondary N) is 2. The van der Waals surface area contributed by atoms with Gasteiger partial charge in [0.2, 0.25) is 0 Å². The van der Waals surface area contributed by atoms with E-state index in [1.807, 2.05) is 6.07 Å². The van der Waals surface area contributed by atoms with Crippen LogP contribution in [0.5, 0.6) is 0 Å². The van der Waals surface area contributed by atoms with Crippen LogP contribution in [0.1, 0.15) is 24.6 Å².